The zero-order valence-electron chi connectivity index (χ0n) is 47.8. The number of hydrogen-bond donors (Lipinski definition) is 2. The molecule has 0 aromatic rings. The van der Waals surface area contributed by atoms with Gasteiger partial charge in [-0.1, -0.05) is 223 Å². The summed E-state index contributed by atoms with van der Waals surface area (Å²) in [6.07, 6.45) is 60.6. The number of hydrogen-bond acceptors (Lipinski definition) is 10. The zero-order chi connectivity index (χ0) is 54.1. The van der Waals surface area contributed by atoms with Crippen molar-refractivity contribution in [1.82, 2.24) is 0 Å². The first-order valence-electron chi connectivity index (χ1n) is 30.5. The number of aliphatic hydroxyl groups excluding tert-OH is 1. The molecule has 3 atom stereocenters. The van der Waals surface area contributed by atoms with Gasteiger partial charge in [-0.05, 0) is 96.3 Å². The topological polar surface area (TPSA) is 155 Å². The van der Waals surface area contributed by atoms with Crippen LogP contribution in [0.5, 0.6) is 0 Å². The Bertz CT molecular complexity index is 1430. The second-order valence-electron chi connectivity index (χ2n) is 20.5. The molecule has 0 bridgehead atoms. The fourth-order valence-corrected chi connectivity index (χ4v) is 9.29. The summed E-state index contributed by atoms with van der Waals surface area (Å²) in [7, 11) is -4.75. The first kappa shape index (κ1) is 71.4. The number of allylic oxidation sites excluding steroid dienone is 8. The Morgan fingerprint density at radius 2 is 0.689 bits per heavy atom. The van der Waals surface area contributed by atoms with Gasteiger partial charge >= 0.3 is 25.7 Å². The van der Waals surface area contributed by atoms with Gasteiger partial charge in [-0.15, -0.1) is 0 Å². The monoisotopic (exact) mass is 1060 g/mol. The van der Waals surface area contributed by atoms with Crippen molar-refractivity contribution in [2.75, 3.05) is 26.4 Å². The van der Waals surface area contributed by atoms with E-state index < -0.39 is 57.8 Å². The predicted octanol–water partition coefficient (Wildman–Crippen LogP) is 18.1. The number of rotatable bonds is 57. The Morgan fingerprint density at radius 3 is 1.07 bits per heavy atom. The van der Waals surface area contributed by atoms with E-state index in [2.05, 4.69) is 69.4 Å². The fraction of sp³-hybridized carbons (Fsp3) is 0.823. The van der Waals surface area contributed by atoms with Crippen molar-refractivity contribution in [1.29, 1.82) is 0 Å². The molecule has 3 unspecified atom stereocenters. The van der Waals surface area contributed by atoms with Gasteiger partial charge in [-0.3, -0.25) is 23.4 Å². The van der Waals surface area contributed by atoms with E-state index in [0.29, 0.717) is 19.3 Å². The molecule has 12 heteroatoms. The number of phosphoric acid groups is 1. The lowest BCUT2D eigenvalue weighted by Gasteiger charge is -2.21. The maximum absolute atomic E-state index is 12.9. The number of carbonyl (C=O) groups is 3. The lowest BCUT2D eigenvalue weighted by atomic mass is 10.1. The highest BCUT2D eigenvalue weighted by molar-refractivity contribution is 7.47. The summed E-state index contributed by atoms with van der Waals surface area (Å²) in [5.41, 5.74) is 0. The number of carbonyl (C=O) groups excluding carboxylic acids is 3. The summed E-state index contributed by atoms with van der Waals surface area (Å²) in [6, 6.07) is 0. The summed E-state index contributed by atoms with van der Waals surface area (Å²) in [4.78, 5) is 48.6. The molecule has 0 aromatic carbocycles. The van der Waals surface area contributed by atoms with Crippen LogP contribution in [0, 0.1) is 0 Å². The van der Waals surface area contributed by atoms with Crippen molar-refractivity contribution < 1.29 is 52.2 Å². The fourth-order valence-electron chi connectivity index (χ4n) is 8.50. The van der Waals surface area contributed by atoms with Gasteiger partial charge in [0.25, 0.3) is 0 Å². The minimum absolute atomic E-state index is 0.158. The molecule has 432 valence electrons. The lowest BCUT2D eigenvalue weighted by molar-refractivity contribution is -0.161. The van der Waals surface area contributed by atoms with Crippen LogP contribution in [0.2, 0.25) is 0 Å². The van der Waals surface area contributed by atoms with Gasteiger partial charge in [0.05, 0.1) is 19.8 Å². The van der Waals surface area contributed by atoms with Gasteiger partial charge < -0.3 is 24.2 Å². The number of ether oxygens (including phenoxy) is 3. The minimum atomic E-state index is -4.75. The summed E-state index contributed by atoms with van der Waals surface area (Å²) >= 11 is 0. The van der Waals surface area contributed by atoms with E-state index in [4.69, 9.17) is 23.3 Å². The van der Waals surface area contributed by atoms with Crippen molar-refractivity contribution in [3.8, 4) is 0 Å². The Balaban J connectivity index is 4.70. The predicted molar refractivity (Wildman–Crippen MR) is 307 cm³/mol. The van der Waals surface area contributed by atoms with Gasteiger partial charge in [-0.2, -0.15) is 0 Å². The van der Waals surface area contributed by atoms with E-state index in [1.165, 1.54) is 128 Å². The van der Waals surface area contributed by atoms with E-state index in [1.54, 1.807) is 0 Å². The van der Waals surface area contributed by atoms with E-state index in [9.17, 15) is 28.9 Å². The van der Waals surface area contributed by atoms with Crippen LogP contribution < -0.4 is 0 Å². The number of esters is 3. The molecule has 0 heterocycles. The van der Waals surface area contributed by atoms with Crippen LogP contribution in [0.25, 0.3) is 0 Å². The van der Waals surface area contributed by atoms with Crippen LogP contribution in [0.3, 0.4) is 0 Å². The molecule has 0 rings (SSSR count). The molecule has 0 aliphatic rings. The van der Waals surface area contributed by atoms with Crippen molar-refractivity contribution in [3.05, 3.63) is 48.6 Å². The molecule has 0 radical (unpaired) electrons. The summed E-state index contributed by atoms with van der Waals surface area (Å²) in [6.45, 7) is 4.58. The first-order chi connectivity index (χ1) is 36.2. The number of aliphatic hydroxyl groups is 1. The van der Waals surface area contributed by atoms with Gasteiger partial charge in [0.2, 0.25) is 0 Å². The molecular weight excluding hydrogens is 952 g/mol. The first-order valence-corrected chi connectivity index (χ1v) is 32.0. The third-order valence-corrected chi connectivity index (χ3v) is 14.1. The van der Waals surface area contributed by atoms with Crippen molar-refractivity contribution in [3.63, 3.8) is 0 Å². The molecular formula is C62H113O11P. The molecule has 11 nitrogen and oxygen atoms in total. The highest BCUT2D eigenvalue weighted by atomic mass is 31.2. The third-order valence-electron chi connectivity index (χ3n) is 13.2. The van der Waals surface area contributed by atoms with E-state index >= 15 is 0 Å². The van der Waals surface area contributed by atoms with Crippen LogP contribution in [0.4, 0.5) is 0 Å². The average Bonchev–Trinajstić information content (AvgIpc) is 3.39. The highest BCUT2D eigenvalue weighted by Crippen LogP contribution is 2.43. The number of phosphoric ester groups is 1. The Hall–Kier alpha value is -2.56. The summed E-state index contributed by atoms with van der Waals surface area (Å²) in [5, 5.41) is 9.81. The standard InChI is InChI=1S/C62H113O11P/c1-4-7-10-13-16-19-22-25-27-28-29-30-32-34-36-39-42-45-48-51-60(64)69-55-59(73-62(66)53-50-47-44-41-38-35-31-26-23-20-17-14-11-8-5-2)57-71-74(67,68)70-56-58(54-63)72-61(65)52-49-46-43-40-37-33-24-21-18-15-12-9-6-3/h12,15,21,24-27,31,58-59,63H,4-11,13-14,16-20,22-23,28-30,32-57H2,1-3H3,(H,67,68)/b15-12-,24-21-,27-25-,31-26-. The van der Waals surface area contributed by atoms with E-state index in [1.807, 2.05) is 0 Å². The largest absolute Gasteiger partial charge is 0.472 e. The SMILES string of the molecule is CCC/C=C\C/C=C\CCCCCCCC(=O)OC(CO)COP(=O)(O)OCC(COC(=O)CCCCCCCCCCC/C=C\CCCCCCCC)OC(=O)CCCCCCC/C=C\CCCCCCCC. The molecule has 0 aromatic heterocycles. The van der Waals surface area contributed by atoms with Crippen LogP contribution >= 0.6 is 7.82 Å². The van der Waals surface area contributed by atoms with Gasteiger partial charge in [0, 0.05) is 19.3 Å². The Labute approximate surface area is 453 Å². The van der Waals surface area contributed by atoms with Crippen molar-refractivity contribution in [2.24, 2.45) is 0 Å². The normalized spacial score (nSPS) is 13.6. The average molecular weight is 1070 g/mol. The van der Waals surface area contributed by atoms with Crippen LogP contribution in [0.15, 0.2) is 48.6 Å². The van der Waals surface area contributed by atoms with Crippen LogP contribution in [-0.4, -0.2) is 66.5 Å². The van der Waals surface area contributed by atoms with Crippen molar-refractivity contribution >= 4 is 25.7 Å². The van der Waals surface area contributed by atoms with Gasteiger partial charge in [0.1, 0.15) is 12.7 Å². The van der Waals surface area contributed by atoms with E-state index in [-0.39, 0.29) is 25.9 Å². The summed E-state index contributed by atoms with van der Waals surface area (Å²) in [5.74, 6) is -1.48. The third kappa shape index (κ3) is 54.2. The smallest absolute Gasteiger partial charge is 0.462 e. The lowest BCUT2D eigenvalue weighted by Crippen LogP contribution is -2.30. The second-order valence-corrected chi connectivity index (χ2v) is 22.0. The molecule has 0 spiro atoms. The van der Waals surface area contributed by atoms with Crippen LogP contribution in [0.1, 0.15) is 290 Å². The van der Waals surface area contributed by atoms with Crippen LogP contribution in [-0.2, 0) is 42.2 Å². The molecule has 74 heavy (non-hydrogen) atoms. The second kappa shape index (κ2) is 56.6. The summed E-state index contributed by atoms with van der Waals surface area (Å²) < 4.78 is 39.6. The minimum Gasteiger partial charge on any atom is -0.462 e. The van der Waals surface area contributed by atoms with E-state index in [0.717, 1.165) is 103 Å². The molecule has 0 aliphatic carbocycles. The Kier molecular flexibility index (Phi) is 54.7. The molecule has 0 saturated heterocycles. The molecule has 0 amide bonds. The van der Waals surface area contributed by atoms with Gasteiger partial charge in [-0.25, -0.2) is 4.57 Å². The highest BCUT2D eigenvalue weighted by Gasteiger charge is 2.28. The quantitative estimate of drug-likeness (QED) is 0.0197. The number of unbranched alkanes of at least 4 members (excludes halogenated alkanes) is 32. The van der Waals surface area contributed by atoms with Crippen molar-refractivity contribution in [2.45, 2.75) is 303 Å². The zero-order valence-corrected chi connectivity index (χ0v) is 48.7. The molecule has 0 fully saturated rings. The molecule has 0 aliphatic heterocycles. The molecule has 2 N–H and O–H groups in total. The van der Waals surface area contributed by atoms with Gasteiger partial charge in [0.15, 0.2) is 6.10 Å². The molecule has 0 saturated carbocycles. The Morgan fingerprint density at radius 1 is 0.378 bits per heavy atom. The maximum atomic E-state index is 12.9. The maximum Gasteiger partial charge on any atom is 0.472 e.